The van der Waals surface area contributed by atoms with Gasteiger partial charge in [-0.25, -0.2) is 0 Å². The quantitative estimate of drug-likeness (QED) is 0.747. The van der Waals surface area contributed by atoms with Crippen LogP contribution in [0.2, 0.25) is 0 Å². The summed E-state index contributed by atoms with van der Waals surface area (Å²) in [6.45, 7) is 1.38. The van der Waals surface area contributed by atoms with Gasteiger partial charge in [-0.15, -0.1) is 0 Å². The van der Waals surface area contributed by atoms with Crippen LogP contribution in [0.15, 0.2) is 36.2 Å². The van der Waals surface area contributed by atoms with Gasteiger partial charge in [-0.1, -0.05) is 6.07 Å². The third kappa shape index (κ3) is 2.40. The highest BCUT2D eigenvalue weighted by atomic mass is 16.5. The maximum absolute atomic E-state index is 10.9. The first-order valence-electron chi connectivity index (χ1n) is 5.86. The van der Waals surface area contributed by atoms with Gasteiger partial charge in [0, 0.05) is 19.5 Å². The van der Waals surface area contributed by atoms with Crippen molar-refractivity contribution in [2.75, 3.05) is 0 Å². The predicted molar refractivity (Wildman–Crippen MR) is 65.2 cm³/mol. The molecule has 1 atom stereocenters. The summed E-state index contributed by atoms with van der Waals surface area (Å²) in [6, 6.07) is 7.94. The average molecular weight is 242 g/mol. The summed E-state index contributed by atoms with van der Waals surface area (Å²) in [5.41, 5.74) is 0.191. The van der Waals surface area contributed by atoms with Crippen LogP contribution in [0.3, 0.4) is 0 Å². The fourth-order valence-electron chi connectivity index (χ4n) is 2.14. The molecule has 1 aliphatic carbocycles. The summed E-state index contributed by atoms with van der Waals surface area (Å²) in [7, 11) is 0. The molecule has 1 heterocycles. The Morgan fingerprint density at radius 2 is 2.39 bits per heavy atom. The summed E-state index contributed by atoms with van der Waals surface area (Å²) >= 11 is 0. The minimum atomic E-state index is -0.592. The van der Waals surface area contributed by atoms with Gasteiger partial charge in [0.1, 0.15) is 11.2 Å². The van der Waals surface area contributed by atoms with Crippen molar-refractivity contribution in [3.8, 4) is 6.07 Å². The monoisotopic (exact) mass is 242 g/mol. The molecule has 0 aliphatic heterocycles. The molecule has 0 aromatic carbocycles. The maximum Gasteiger partial charge on any atom is 0.307 e. The van der Waals surface area contributed by atoms with E-state index in [1.165, 1.54) is 6.92 Å². The van der Waals surface area contributed by atoms with Crippen LogP contribution in [0, 0.1) is 11.3 Å². The number of aromatic nitrogens is 1. The van der Waals surface area contributed by atoms with E-state index in [2.05, 4.69) is 11.1 Å². The van der Waals surface area contributed by atoms with Crippen molar-refractivity contribution in [2.24, 2.45) is 0 Å². The summed E-state index contributed by atoms with van der Waals surface area (Å²) < 4.78 is 5.06. The molecule has 0 amide bonds. The number of rotatable bonds is 2. The Bertz CT molecular complexity index is 516. The van der Waals surface area contributed by atoms with Gasteiger partial charge >= 0.3 is 5.97 Å². The third-order valence-electron chi connectivity index (χ3n) is 3.12. The van der Waals surface area contributed by atoms with Gasteiger partial charge in [0.15, 0.2) is 0 Å². The number of ether oxygens (including phenoxy) is 1. The van der Waals surface area contributed by atoms with Crippen LogP contribution in [0.1, 0.15) is 31.9 Å². The number of nitrogens with zero attached hydrogens (tertiary/aromatic N) is 2. The smallest absolute Gasteiger partial charge is 0.307 e. The van der Waals surface area contributed by atoms with E-state index in [1.54, 1.807) is 6.20 Å². The second kappa shape index (κ2) is 5.01. The Balaban J connectivity index is 2.22. The summed E-state index contributed by atoms with van der Waals surface area (Å²) in [5, 5.41) is 9.44. The molecule has 18 heavy (non-hydrogen) atoms. The molecule has 0 saturated heterocycles. The highest BCUT2D eigenvalue weighted by molar-refractivity contribution is 5.67. The van der Waals surface area contributed by atoms with E-state index in [1.807, 2.05) is 24.3 Å². The molecule has 1 aliphatic rings. The topological polar surface area (TPSA) is 63.0 Å². The van der Waals surface area contributed by atoms with E-state index < -0.39 is 5.41 Å². The maximum atomic E-state index is 10.9. The fourth-order valence-corrected chi connectivity index (χ4v) is 2.14. The number of carbonyl (C=O) groups is 1. The van der Waals surface area contributed by atoms with E-state index in [0.29, 0.717) is 25.0 Å². The van der Waals surface area contributed by atoms with Gasteiger partial charge in [0.05, 0.1) is 11.8 Å². The number of hydrogen-bond donors (Lipinski definition) is 0. The molecule has 0 radical (unpaired) electrons. The molecule has 1 aromatic rings. The zero-order valence-corrected chi connectivity index (χ0v) is 10.2. The first-order chi connectivity index (χ1) is 8.66. The second-order valence-corrected chi connectivity index (χ2v) is 4.38. The lowest BCUT2D eigenvalue weighted by Gasteiger charge is -2.28. The van der Waals surface area contributed by atoms with Crippen molar-refractivity contribution in [1.29, 1.82) is 5.26 Å². The Morgan fingerprint density at radius 1 is 1.56 bits per heavy atom. The zero-order valence-electron chi connectivity index (χ0n) is 10.2. The van der Waals surface area contributed by atoms with Gasteiger partial charge in [-0.05, 0) is 31.1 Å². The number of allylic oxidation sites excluding steroid dienone is 2. The first kappa shape index (κ1) is 12.3. The van der Waals surface area contributed by atoms with Crippen LogP contribution in [0.5, 0.6) is 0 Å². The molecule has 2 rings (SSSR count). The summed E-state index contributed by atoms with van der Waals surface area (Å²) in [6.07, 6.45) is 5.26. The van der Waals surface area contributed by atoms with Gasteiger partial charge in [0.2, 0.25) is 0 Å². The normalized spacial score (nSPS) is 22.8. The van der Waals surface area contributed by atoms with E-state index in [9.17, 15) is 10.1 Å². The molecule has 0 N–H and O–H groups in total. The van der Waals surface area contributed by atoms with Gasteiger partial charge in [-0.2, -0.15) is 5.26 Å². The van der Waals surface area contributed by atoms with E-state index in [0.717, 1.165) is 5.69 Å². The number of pyridine rings is 1. The fraction of sp³-hybridized carbons (Fsp3) is 0.357. The summed E-state index contributed by atoms with van der Waals surface area (Å²) in [5.74, 6) is 0.341. The number of hydrogen-bond acceptors (Lipinski definition) is 4. The van der Waals surface area contributed by atoms with Crippen molar-refractivity contribution < 1.29 is 9.53 Å². The largest absolute Gasteiger partial charge is 0.432 e. The van der Waals surface area contributed by atoms with Crippen LogP contribution in [-0.4, -0.2) is 11.0 Å². The Morgan fingerprint density at radius 3 is 2.89 bits per heavy atom. The number of nitriles is 1. The van der Waals surface area contributed by atoms with Crippen LogP contribution in [0.4, 0.5) is 0 Å². The molecule has 0 bridgehead atoms. The number of esters is 1. The van der Waals surface area contributed by atoms with Crippen molar-refractivity contribution in [3.63, 3.8) is 0 Å². The average Bonchev–Trinajstić information content (AvgIpc) is 2.40. The third-order valence-corrected chi connectivity index (χ3v) is 3.12. The van der Waals surface area contributed by atoms with Crippen LogP contribution >= 0.6 is 0 Å². The molecule has 0 saturated carbocycles. The van der Waals surface area contributed by atoms with Gasteiger partial charge in [-0.3, -0.25) is 9.78 Å². The van der Waals surface area contributed by atoms with Gasteiger partial charge < -0.3 is 4.74 Å². The minimum Gasteiger partial charge on any atom is -0.432 e. The highest BCUT2D eigenvalue weighted by Gasteiger charge is 2.35. The van der Waals surface area contributed by atoms with Crippen LogP contribution in [-0.2, 0) is 14.9 Å². The highest BCUT2D eigenvalue weighted by Crippen LogP contribution is 2.37. The minimum absolute atomic E-state index is 0.316. The standard InChI is InChI=1S/C14H14N2O2/c1-11(17)18-12-5-7-14(10-15,8-6-12)13-4-2-3-9-16-13/h2-5,9H,6-8H2,1H3/t14-/m0/s1. The molecule has 0 fully saturated rings. The van der Waals surface area contributed by atoms with E-state index in [4.69, 9.17) is 4.74 Å². The molecule has 1 aromatic heterocycles. The second-order valence-electron chi connectivity index (χ2n) is 4.38. The Kier molecular flexibility index (Phi) is 3.42. The van der Waals surface area contributed by atoms with Gasteiger partial charge in [0.25, 0.3) is 0 Å². The molecular formula is C14H14N2O2. The van der Waals surface area contributed by atoms with Crippen molar-refractivity contribution in [3.05, 3.63) is 41.9 Å². The molecule has 92 valence electrons. The summed E-state index contributed by atoms with van der Waals surface area (Å²) in [4.78, 5) is 15.1. The predicted octanol–water partition coefficient (Wildman–Crippen LogP) is 2.47. The van der Waals surface area contributed by atoms with Crippen molar-refractivity contribution in [1.82, 2.24) is 4.98 Å². The van der Waals surface area contributed by atoms with Crippen molar-refractivity contribution >= 4 is 5.97 Å². The zero-order chi connectivity index (χ0) is 13.0. The Labute approximate surface area is 106 Å². The molecule has 0 spiro atoms. The molecule has 0 unspecified atom stereocenters. The van der Waals surface area contributed by atoms with E-state index in [-0.39, 0.29) is 5.97 Å². The van der Waals surface area contributed by atoms with Crippen LogP contribution < -0.4 is 0 Å². The molecule has 4 nitrogen and oxygen atoms in total. The first-order valence-corrected chi connectivity index (χ1v) is 5.86. The Hall–Kier alpha value is -2.15. The lowest BCUT2D eigenvalue weighted by molar-refractivity contribution is -0.137. The lowest BCUT2D eigenvalue weighted by Crippen LogP contribution is -2.28. The number of carbonyl (C=O) groups excluding carboxylic acids is 1. The molecule has 4 heteroatoms. The lowest BCUT2D eigenvalue weighted by atomic mass is 9.75. The molecular weight excluding hydrogens is 228 g/mol. The van der Waals surface area contributed by atoms with Crippen molar-refractivity contribution in [2.45, 2.75) is 31.6 Å². The van der Waals surface area contributed by atoms with E-state index >= 15 is 0 Å². The SMILES string of the molecule is CC(=O)OC1=CC[C@](C#N)(c2ccccn2)CC1. The van der Waals surface area contributed by atoms with Crippen LogP contribution in [0.25, 0.3) is 0 Å².